The van der Waals surface area contributed by atoms with Crippen molar-refractivity contribution in [1.29, 1.82) is 21.5 Å². The molecule has 0 atom stereocenters. The molecule has 522 valence electrons. The molecule has 6 aromatic carbocycles. The third-order valence-electron chi connectivity index (χ3n) is 19.9. The number of nitriles is 1. The Balaban J connectivity index is 0.000000161. The lowest BCUT2D eigenvalue weighted by Gasteiger charge is -2.34. The minimum absolute atomic E-state index is 0.0213. The molecule has 0 aliphatic carbocycles. The van der Waals surface area contributed by atoms with Gasteiger partial charge in [0, 0.05) is 91.5 Å². The van der Waals surface area contributed by atoms with Crippen LogP contribution in [-0.2, 0) is 40.6 Å². The lowest BCUT2D eigenvalue weighted by Crippen LogP contribution is -2.37. The van der Waals surface area contributed by atoms with Crippen LogP contribution < -0.4 is 29.5 Å². The smallest absolute Gasteiger partial charge is 0.251 e. The zero-order valence-electron chi connectivity index (χ0n) is 60.6. The predicted molar refractivity (Wildman–Crippen MR) is 386 cm³/mol. The maximum atomic E-state index is 14.9. The zero-order valence-corrected chi connectivity index (χ0v) is 60.6. The number of carbonyl (C=O) groups is 4. The molecule has 0 aromatic heterocycles. The Morgan fingerprint density at radius 1 is 0.515 bits per heavy atom. The summed E-state index contributed by atoms with van der Waals surface area (Å²) in [7, 11) is 3.61. The highest BCUT2D eigenvalue weighted by Crippen LogP contribution is 2.45. The quantitative estimate of drug-likeness (QED) is 0.0661. The lowest BCUT2D eigenvalue weighted by atomic mass is 9.82. The van der Waals surface area contributed by atoms with E-state index in [-0.39, 0.29) is 94.8 Å². The van der Waals surface area contributed by atoms with Gasteiger partial charge < -0.3 is 48.9 Å². The molecule has 0 unspecified atom stereocenters. The highest BCUT2D eigenvalue weighted by Gasteiger charge is 2.37. The number of aryl methyl sites for hydroxylation is 3. The molecule has 0 bridgehead atoms. The van der Waals surface area contributed by atoms with Gasteiger partial charge in [0.2, 0.25) is 0 Å². The van der Waals surface area contributed by atoms with Crippen molar-refractivity contribution >= 4 is 57.8 Å². The van der Waals surface area contributed by atoms with Gasteiger partial charge in [-0.3, -0.25) is 35.4 Å². The highest BCUT2D eigenvalue weighted by molar-refractivity contribution is 6.09. The third kappa shape index (κ3) is 14.5. The number of halogens is 2. The van der Waals surface area contributed by atoms with Crippen LogP contribution in [0.1, 0.15) is 187 Å². The fourth-order valence-electron chi connectivity index (χ4n) is 14.0. The largest absolute Gasteiger partial charge is 0.489 e. The maximum absolute atomic E-state index is 14.9. The van der Waals surface area contributed by atoms with Crippen molar-refractivity contribution < 1.29 is 42.2 Å². The predicted octanol–water partition coefficient (Wildman–Crippen LogP) is 12.9. The van der Waals surface area contributed by atoms with Crippen LogP contribution in [0.3, 0.4) is 0 Å². The average Bonchev–Trinajstić information content (AvgIpc) is 1.40. The Morgan fingerprint density at radius 3 is 1.41 bits per heavy atom. The van der Waals surface area contributed by atoms with E-state index in [4.69, 9.17) is 30.4 Å². The van der Waals surface area contributed by atoms with Gasteiger partial charge >= 0.3 is 0 Å². The number of hydrogen-bond donors (Lipinski definition) is 4. The van der Waals surface area contributed by atoms with Gasteiger partial charge in [0.05, 0.1) is 74.5 Å². The summed E-state index contributed by atoms with van der Waals surface area (Å²) in [5.41, 5.74) is 16.3. The van der Waals surface area contributed by atoms with E-state index in [0.717, 1.165) is 98.3 Å². The fourth-order valence-corrected chi connectivity index (χ4v) is 14.0. The van der Waals surface area contributed by atoms with Gasteiger partial charge in [-0.25, -0.2) is 8.78 Å². The van der Waals surface area contributed by atoms with Gasteiger partial charge in [-0.1, -0.05) is 80.5 Å². The molecule has 0 saturated carbocycles. The van der Waals surface area contributed by atoms with Crippen LogP contribution in [0.4, 0.5) is 25.8 Å². The van der Waals surface area contributed by atoms with Crippen LogP contribution in [0.15, 0.2) is 60.7 Å². The number of amidine groups is 3. The molecule has 12 rings (SSSR count). The molecule has 1 fully saturated rings. The van der Waals surface area contributed by atoms with E-state index in [0.29, 0.717) is 103 Å². The highest BCUT2D eigenvalue weighted by atomic mass is 19.1. The minimum atomic E-state index is -0.377. The molecule has 6 heterocycles. The van der Waals surface area contributed by atoms with Crippen LogP contribution in [0.25, 0.3) is 0 Å². The van der Waals surface area contributed by atoms with Crippen molar-refractivity contribution in [3.05, 3.63) is 178 Å². The minimum Gasteiger partial charge on any atom is -0.489 e. The first-order valence-electron chi connectivity index (χ1n) is 34.0. The van der Waals surface area contributed by atoms with E-state index in [9.17, 15) is 33.2 Å². The number of benzene rings is 6. The Kier molecular flexibility index (Phi) is 20.5. The summed E-state index contributed by atoms with van der Waals surface area (Å²) >= 11 is 0. The molecular weight excluding hydrogens is 1250 g/mol. The summed E-state index contributed by atoms with van der Waals surface area (Å²) in [6.07, 6.45) is 0. The molecule has 1 saturated heterocycles. The number of amides is 1. The summed E-state index contributed by atoms with van der Waals surface area (Å²) in [4.78, 5) is 63.9. The third-order valence-corrected chi connectivity index (χ3v) is 19.9. The first-order chi connectivity index (χ1) is 46.5. The summed E-state index contributed by atoms with van der Waals surface area (Å²) < 4.78 is 47.2. The van der Waals surface area contributed by atoms with E-state index in [1.165, 1.54) is 5.56 Å². The van der Waals surface area contributed by atoms with Crippen LogP contribution in [0, 0.1) is 80.7 Å². The molecule has 18 nitrogen and oxygen atoms in total. The Bertz CT molecular complexity index is 4370. The van der Waals surface area contributed by atoms with E-state index in [1.54, 1.807) is 47.7 Å². The van der Waals surface area contributed by atoms with Gasteiger partial charge in [0.25, 0.3) is 5.91 Å². The number of morpholine rings is 1. The standard InChI is InChI=1S/C27H34FN3O2.C26H29FN4O2.C26H32N4O3/c1-16-11-20-14-31(26(29)24(20)25(28)17(16)2)15-23(32)19-12-21(27(4,5)6)18(3)22(13-19)30-7-9-33-10-8-30;1-15-10-18-13-31(25(29)22(18)23(27)16(15)2)14-21(32)17-11-19(26(3,4)5)24-20(12-17)30(7-6-28)8-9-33-24;1-15-9-17-13-30(24(27)19(17)12-18(15)25(32)28-5)14-22(31)16-10-20(26(2,3)4)23-21(11-16)29(6)7-8-33-23/h11-13,29H,7-10,14-15H2,1-6H3;10-12,29H,7-9,13-14H2,1-5H3;9-12,27H,7-8,13-14H2,1-6H3,(H,28,32). The second-order valence-corrected chi connectivity index (χ2v) is 30.1. The molecule has 0 spiro atoms. The molecule has 99 heavy (non-hydrogen) atoms. The first kappa shape index (κ1) is 72.3. The van der Waals surface area contributed by atoms with Gasteiger partial charge in [0.1, 0.15) is 60.4 Å². The number of Topliss-reactive ketones (excluding diaryl/α,β-unsaturated/α-hetero) is 3. The number of nitrogens with one attached hydrogen (secondary N) is 4. The molecule has 6 aliphatic heterocycles. The van der Waals surface area contributed by atoms with Crippen molar-refractivity contribution in [3.8, 4) is 17.6 Å². The molecule has 6 aliphatic rings. The van der Waals surface area contributed by atoms with E-state index in [2.05, 4.69) is 90.4 Å². The maximum Gasteiger partial charge on any atom is 0.251 e. The number of rotatable bonds is 12. The van der Waals surface area contributed by atoms with Crippen molar-refractivity contribution in [2.24, 2.45) is 0 Å². The molecular formula is C79H95F2N11O7. The normalized spacial score (nSPS) is 15.6. The van der Waals surface area contributed by atoms with Gasteiger partial charge in [-0.05, 0) is 156 Å². The number of hydrogen-bond acceptors (Lipinski definition) is 14. The van der Waals surface area contributed by atoms with Crippen LogP contribution >= 0.6 is 0 Å². The number of carbonyl (C=O) groups excluding carboxylic acids is 4. The summed E-state index contributed by atoms with van der Waals surface area (Å²) in [6, 6.07) is 21.2. The second kappa shape index (κ2) is 28.0. The fraction of sp³-hybridized carbons (Fsp3) is 0.443. The molecule has 0 radical (unpaired) electrons. The molecule has 20 heteroatoms. The molecule has 6 aromatic rings. The Morgan fingerprint density at radius 2 is 0.939 bits per heavy atom. The number of likely N-dealkylation sites (N-methyl/N-ethyl adjacent to an activating group) is 1. The lowest BCUT2D eigenvalue weighted by molar-refractivity contribution is 0.0954. The van der Waals surface area contributed by atoms with Crippen molar-refractivity contribution in [2.45, 2.75) is 140 Å². The van der Waals surface area contributed by atoms with Crippen molar-refractivity contribution in [2.75, 3.05) is 108 Å². The summed E-state index contributed by atoms with van der Waals surface area (Å²) in [5, 5.41) is 37.6. The monoisotopic (exact) mass is 1350 g/mol. The van der Waals surface area contributed by atoms with Crippen LogP contribution in [-0.4, -0.2) is 148 Å². The first-order valence-corrected chi connectivity index (χ1v) is 34.0. The van der Waals surface area contributed by atoms with Crippen LogP contribution in [0.2, 0.25) is 0 Å². The van der Waals surface area contributed by atoms with E-state index >= 15 is 0 Å². The topological polar surface area (TPSA) is 223 Å². The number of fused-ring (bicyclic) bond motifs is 5. The Hall–Kier alpha value is -9.48. The zero-order chi connectivity index (χ0) is 72.2. The average molecular weight is 1350 g/mol. The molecule has 4 N–H and O–H groups in total. The number of ether oxygens (including phenoxy) is 3. The van der Waals surface area contributed by atoms with Gasteiger partial charge in [-0.2, -0.15) is 5.26 Å². The van der Waals surface area contributed by atoms with Gasteiger partial charge in [-0.15, -0.1) is 0 Å². The van der Waals surface area contributed by atoms with Crippen molar-refractivity contribution in [1.82, 2.24) is 20.0 Å². The summed E-state index contributed by atoms with van der Waals surface area (Å²) in [6.45, 7) is 37.2. The number of nitrogens with zero attached hydrogens (tertiary/aromatic N) is 7. The van der Waals surface area contributed by atoms with Crippen LogP contribution in [0.5, 0.6) is 11.5 Å². The SMILES string of the molecule is CNC(=O)c1cc2c(cc1C)CN(CC(=O)c1cc3c(c(C(C)(C)C)c1)OCCN3C)C2=N.Cc1cc2c(c(F)c1C)C(=N)N(CC(=O)c1cc(N3CCOCC3)c(C)c(C(C)(C)C)c1)C2.Cc1cc2c(c(F)c1C)C(=N)N(CC(=O)c1cc3c(c(C(C)(C)C)c1)OCCN3CC#N)C2. The van der Waals surface area contributed by atoms with Crippen molar-refractivity contribution in [3.63, 3.8) is 0 Å². The number of anilines is 3. The Labute approximate surface area is 581 Å². The molecule has 1 amide bonds. The summed E-state index contributed by atoms with van der Waals surface area (Å²) in [5.74, 6) is 0.842. The van der Waals surface area contributed by atoms with E-state index in [1.807, 2.05) is 81.2 Å². The van der Waals surface area contributed by atoms with Gasteiger partial charge in [0.15, 0.2) is 17.3 Å². The van der Waals surface area contributed by atoms with E-state index < -0.39 is 0 Å². The second-order valence-electron chi connectivity index (χ2n) is 30.1. The number of ketones is 3.